The van der Waals surface area contributed by atoms with Crippen LogP contribution in [-0.4, -0.2) is 29.6 Å². The third kappa shape index (κ3) is 3.28. The predicted octanol–water partition coefficient (Wildman–Crippen LogP) is 2.42. The molecule has 0 radical (unpaired) electrons. The molecule has 3 aromatic rings. The maximum atomic E-state index is 13.1. The van der Waals surface area contributed by atoms with Gasteiger partial charge in [0, 0.05) is 11.6 Å². The van der Waals surface area contributed by atoms with Crippen LogP contribution < -0.4 is 10.3 Å². The van der Waals surface area contributed by atoms with E-state index in [1.165, 1.54) is 0 Å². The van der Waals surface area contributed by atoms with Crippen molar-refractivity contribution in [1.29, 1.82) is 0 Å². The van der Waals surface area contributed by atoms with Crippen LogP contribution in [0.1, 0.15) is 37.1 Å². The van der Waals surface area contributed by atoms with Crippen LogP contribution in [0, 0.1) is 13.8 Å². The van der Waals surface area contributed by atoms with Crippen LogP contribution in [0.3, 0.4) is 0 Å². The Morgan fingerprint density at radius 2 is 1.96 bits per heavy atom. The number of sulfonamides is 1. The smallest absolute Gasteiger partial charge is 0.266 e. The van der Waals surface area contributed by atoms with E-state index in [9.17, 15) is 13.2 Å². The fraction of sp³-hybridized carbons (Fsp3) is 0.389. The zero-order valence-corrected chi connectivity index (χ0v) is 15.9. The fourth-order valence-electron chi connectivity index (χ4n) is 3.70. The van der Waals surface area contributed by atoms with Gasteiger partial charge in [0.15, 0.2) is 0 Å². The van der Waals surface area contributed by atoms with E-state index in [0.29, 0.717) is 28.1 Å². The first-order valence-electron chi connectivity index (χ1n) is 8.84. The third-order valence-corrected chi connectivity index (χ3v) is 6.47. The molecule has 0 saturated heterocycles. The van der Waals surface area contributed by atoms with Crippen molar-refractivity contribution in [2.24, 2.45) is 0 Å². The van der Waals surface area contributed by atoms with Crippen molar-refractivity contribution in [1.82, 2.24) is 19.8 Å². The molecule has 4 rings (SSSR count). The summed E-state index contributed by atoms with van der Waals surface area (Å²) in [6.45, 7) is 3.55. The number of fused-ring (bicyclic) bond motifs is 1. The lowest BCUT2D eigenvalue weighted by Crippen LogP contribution is -2.33. The van der Waals surface area contributed by atoms with Gasteiger partial charge in [-0.25, -0.2) is 18.1 Å². The summed E-state index contributed by atoms with van der Waals surface area (Å²) in [6.07, 6.45) is 4.76. The van der Waals surface area contributed by atoms with Crippen LogP contribution in [0.2, 0.25) is 0 Å². The zero-order chi connectivity index (χ0) is 19.2. The van der Waals surface area contributed by atoms with Crippen LogP contribution in [0.4, 0.5) is 0 Å². The average Bonchev–Trinajstić information content (AvgIpc) is 3.22. The van der Waals surface area contributed by atoms with E-state index in [0.717, 1.165) is 31.9 Å². The standard InChI is InChI=1S/C18H20N4O4S/c1-10-17(11(2)26-21-10)12-7-14-18(19-9-16(23)20-14)15(8-12)27(24,25)22-13-5-3-4-6-13/h7-9,13,22H,3-6H2,1-2H3,(H,20,23). The maximum absolute atomic E-state index is 13.1. The van der Waals surface area contributed by atoms with Crippen molar-refractivity contribution in [2.45, 2.75) is 50.5 Å². The highest BCUT2D eigenvalue weighted by Crippen LogP contribution is 2.32. The summed E-state index contributed by atoms with van der Waals surface area (Å²) in [5.74, 6) is 0.574. The molecule has 0 atom stereocenters. The van der Waals surface area contributed by atoms with E-state index in [-0.39, 0.29) is 16.5 Å². The summed E-state index contributed by atoms with van der Waals surface area (Å²) in [7, 11) is -3.81. The van der Waals surface area contributed by atoms with Crippen molar-refractivity contribution in [2.75, 3.05) is 0 Å². The number of aromatic amines is 1. The first-order chi connectivity index (χ1) is 12.8. The van der Waals surface area contributed by atoms with Gasteiger partial charge in [-0.05, 0) is 44.4 Å². The topological polar surface area (TPSA) is 118 Å². The first kappa shape index (κ1) is 17.9. The summed E-state index contributed by atoms with van der Waals surface area (Å²) in [4.78, 5) is 18.5. The fourth-order valence-corrected chi connectivity index (χ4v) is 5.20. The van der Waals surface area contributed by atoms with Gasteiger partial charge in [0.1, 0.15) is 16.2 Å². The predicted molar refractivity (Wildman–Crippen MR) is 99.9 cm³/mol. The Hall–Kier alpha value is -2.52. The number of aromatic nitrogens is 3. The molecule has 1 aliphatic rings. The summed E-state index contributed by atoms with van der Waals surface area (Å²) in [6, 6.07) is 3.19. The largest absolute Gasteiger partial charge is 0.361 e. The molecule has 2 aromatic heterocycles. The van der Waals surface area contributed by atoms with Crippen molar-refractivity contribution < 1.29 is 12.9 Å². The highest BCUT2D eigenvalue weighted by atomic mass is 32.2. The molecule has 0 bridgehead atoms. The van der Waals surface area contributed by atoms with Crippen LogP contribution in [-0.2, 0) is 10.0 Å². The first-order valence-corrected chi connectivity index (χ1v) is 10.3. The Kier molecular flexibility index (Phi) is 4.35. The highest BCUT2D eigenvalue weighted by molar-refractivity contribution is 7.89. The van der Waals surface area contributed by atoms with Gasteiger partial charge in [-0.15, -0.1) is 0 Å². The molecule has 1 aromatic carbocycles. The third-order valence-electron chi connectivity index (χ3n) is 4.93. The van der Waals surface area contributed by atoms with Gasteiger partial charge in [0.25, 0.3) is 5.56 Å². The molecular weight excluding hydrogens is 368 g/mol. The van der Waals surface area contributed by atoms with Crippen molar-refractivity contribution in [3.63, 3.8) is 0 Å². The maximum Gasteiger partial charge on any atom is 0.266 e. The Morgan fingerprint density at radius 3 is 2.63 bits per heavy atom. The Labute approximate surface area is 156 Å². The molecular formula is C18H20N4O4S. The van der Waals surface area contributed by atoms with Gasteiger partial charge < -0.3 is 9.51 Å². The van der Waals surface area contributed by atoms with Gasteiger partial charge in [-0.3, -0.25) is 4.79 Å². The number of benzene rings is 1. The molecule has 1 saturated carbocycles. The second-order valence-electron chi connectivity index (χ2n) is 6.92. The zero-order valence-electron chi connectivity index (χ0n) is 15.1. The van der Waals surface area contributed by atoms with Crippen molar-refractivity contribution >= 4 is 21.1 Å². The average molecular weight is 388 g/mol. The van der Waals surface area contributed by atoms with E-state index in [1.807, 2.05) is 0 Å². The molecule has 9 heteroatoms. The minimum atomic E-state index is -3.81. The number of nitrogens with zero attached hydrogens (tertiary/aromatic N) is 2. The lowest BCUT2D eigenvalue weighted by molar-refractivity contribution is 0.393. The van der Waals surface area contributed by atoms with Crippen LogP contribution in [0.5, 0.6) is 0 Å². The number of nitrogens with one attached hydrogen (secondary N) is 2. The SMILES string of the molecule is Cc1noc(C)c1-c1cc(S(=O)(=O)NC2CCCC2)c2ncc(=O)[nH]c2c1. The Morgan fingerprint density at radius 1 is 1.22 bits per heavy atom. The van der Waals surface area contributed by atoms with Crippen LogP contribution >= 0.6 is 0 Å². The molecule has 2 N–H and O–H groups in total. The minimum absolute atomic E-state index is 0.0400. The Balaban J connectivity index is 1.94. The molecule has 27 heavy (non-hydrogen) atoms. The molecule has 0 unspecified atom stereocenters. The van der Waals surface area contributed by atoms with Gasteiger partial charge in [0.2, 0.25) is 10.0 Å². The van der Waals surface area contributed by atoms with E-state index >= 15 is 0 Å². The van der Waals surface area contributed by atoms with E-state index in [2.05, 4.69) is 19.8 Å². The second-order valence-corrected chi connectivity index (χ2v) is 8.60. The molecule has 8 nitrogen and oxygen atoms in total. The van der Waals surface area contributed by atoms with Crippen molar-refractivity contribution in [3.05, 3.63) is 40.1 Å². The number of H-pyrrole nitrogens is 1. The molecule has 2 heterocycles. The van der Waals surface area contributed by atoms with Gasteiger partial charge >= 0.3 is 0 Å². The summed E-state index contributed by atoms with van der Waals surface area (Å²) < 4.78 is 34.2. The number of aryl methyl sites for hydroxylation is 2. The lowest BCUT2D eigenvalue weighted by atomic mass is 10.0. The summed E-state index contributed by atoms with van der Waals surface area (Å²) in [5, 5.41) is 3.94. The monoisotopic (exact) mass is 388 g/mol. The van der Waals surface area contributed by atoms with Crippen molar-refractivity contribution in [3.8, 4) is 11.1 Å². The molecule has 0 amide bonds. The minimum Gasteiger partial charge on any atom is -0.361 e. The molecule has 0 aliphatic heterocycles. The highest BCUT2D eigenvalue weighted by Gasteiger charge is 2.26. The van der Waals surface area contributed by atoms with Gasteiger partial charge in [-0.1, -0.05) is 18.0 Å². The number of rotatable bonds is 4. The van der Waals surface area contributed by atoms with Crippen LogP contribution in [0.25, 0.3) is 22.2 Å². The van der Waals surface area contributed by atoms with E-state index < -0.39 is 15.6 Å². The quantitative estimate of drug-likeness (QED) is 0.709. The summed E-state index contributed by atoms with van der Waals surface area (Å²) >= 11 is 0. The lowest BCUT2D eigenvalue weighted by Gasteiger charge is -2.15. The van der Waals surface area contributed by atoms with E-state index in [1.54, 1.807) is 26.0 Å². The number of hydrogen-bond donors (Lipinski definition) is 2. The Bertz CT molecular complexity index is 1150. The molecule has 0 spiro atoms. The van der Waals surface area contributed by atoms with E-state index in [4.69, 9.17) is 4.52 Å². The number of hydrogen-bond acceptors (Lipinski definition) is 6. The normalized spacial score (nSPS) is 15.6. The molecule has 1 aliphatic carbocycles. The second kappa shape index (κ2) is 6.58. The molecule has 142 valence electrons. The van der Waals surface area contributed by atoms with Gasteiger partial charge in [0.05, 0.1) is 17.4 Å². The molecule has 1 fully saturated rings. The van der Waals surface area contributed by atoms with Crippen LogP contribution in [0.15, 0.2) is 32.5 Å². The van der Waals surface area contributed by atoms with Gasteiger partial charge in [-0.2, -0.15) is 0 Å². The summed E-state index contributed by atoms with van der Waals surface area (Å²) in [5.41, 5.74) is 2.14.